The third-order valence-corrected chi connectivity index (χ3v) is 3.12. The smallest absolute Gasteiger partial charge is 0.112 e. The third kappa shape index (κ3) is 2.52. The maximum atomic E-state index is 5.85. The minimum atomic E-state index is 0.250. The quantitative estimate of drug-likeness (QED) is 0.725. The molecule has 2 atom stereocenters. The molecular formula is C12H21NO2. The van der Waals surface area contributed by atoms with Crippen LogP contribution in [-0.4, -0.2) is 32.4 Å². The van der Waals surface area contributed by atoms with Gasteiger partial charge in [-0.05, 0) is 38.8 Å². The Morgan fingerprint density at radius 2 is 2.40 bits per heavy atom. The van der Waals surface area contributed by atoms with Crippen LogP contribution in [0.2, 0.25) is 0 Å². The second kappa shape index (κ2) is 4.99. The van der Waals surface area contributed by atoms with Crippen molar-refractivity contribution in [3.05, 3.63) is 11.8 Å². The Labute approximate surface area is 91.8 Å². The van der Waals surface area contributed by atoms with Gasteiger partial charge in [-0.15, -0.1) is 0 Å². The summed E-state index contributed by atoms with van der Waals surface area (Å²) in [6.45, 7) is 3.68. The van der Waals surface area contributed by atoms with Crippen molar-refractivity contribution in [2.24, 2.45) is 5.92 Å². The molecule has 0 aromatic rings. The van der Waals surface area contributed by atoms with Crippen LogP contribution in [0.4, 0.5) is 0 Å². The topological polar surface area (TPSA) is 30.5 Å². The van der Waals surface area contributed by atoms with E-state index < -0.39 is 0 Å². The van der Waals surface area contributed by atoms with Crippen molar-refractivity contribution in [3.8, 4) is 0 Å². The second-order valence-corrected chi connectivity index (χ2v) is 4.27. The lowest BCUT2D eigenvalue weighted by molar-refractivity contribution is 0.0161. The van der Waals surface area contributed by atoms with Gasteiger partial charge < -0.3 is 14.8 Å². The predicted molar refractivity (Wildman–Crippen MR) is 59.6 cm³/mol. The van der Waals surface area contributed by atoms with Gasteiger partial charge >= 0.3 is 0 Å². The van der Waals surface area contributed by atoms with E-state index in [9.17, 15) is 0 Å². The molecule has 1 aliphatic heterocycles. The zero-order valence-corrected chi connectivity index (χ0v) is 9.66. The fourth-order valence-corrected chi connectivity index (χ4v) is 2.24. The van der Waals surface area contributed by atoms with E-state index in [1.165, 1.54) is 12.8 Å². The highest BCUT2D eigenvalue weighted by Crippen LogP contribution is 2.37. The highest BCUT2D eigenvalue weighted by molar-refractivity contribution is 5.11. The van der Waals surface area contributed by atoms with Gasteiger partial charge in [0.1, 0.15) is 5.76 Å². The van der Waals surface area contributed by atoms with Crippen LogP contribution in [-0.2, 0) is 9.47 Å². The summed E-state index contributed by atoms with van der Waals surface area (Å²) in [7, 11) is 1.99. The minimum absolute atomic E-state index is 0.250. The average Bonchev–Trinajstić information content (AvgIpc) is 2.96. The van der Waals surface area contributed by atoms with Crippen LogP contribution in [0.1, 0.15) is 26.2 Å². The highest BCUT2D eigenvalue weighted by Gasteiger charge is 2.39. The van der Waals surface area contributed by atoms with Crippen molar-refractivity contribution in [2.45, 2.75) is 38.3 Å². The molecule has 86 valence electrons. The van der Waals surface area contributed by atoms with Gasteiger partial charge in [0.2, 0.25) is 0 Å². The summed E-state index contributed by atoms with van der Waals surface area (Å²) in [6.07, 6.45) is 6.13. The van der Waals surface area contributed by atoms with Crippen LogP contribution in [0.3, 0.4) is 0 Å². The lowest BCUT2D eigenvalue weighted by atomic mass is 10.0. The van der Waals surface area contributed by atoms with Gasteiger partial charge in [-0.1, -0.05) is 0 Å². The van der Waals surface area contributed by atoms with E-state index in [0.29, 0.717) is 6.10 Å². The summed E-state index contributed by atoms with van der Waals surface area (Å²) in [5, 5.41) is 3.33. The fourth-order valence-electron chi connectivity index (χ4n) is 2.24. The van der Waals surface area contributed by atoms with Gasteiger partial charge in [-0.3, -0.25) is 0 Å². The molecule has 2 rings (SSSR count). The number of likely N-dealkylation sites (N-methyl/N-ethyl adjacent to an activating group) is 1. The summed E-state index contributed by atoms with van der Waals surface area (Å²) >= 11 is 0. The summed E-state index contributed by atoms with van der Waals surface area (Å²) in [4.78, 5) is 0. The van der Waals surface area contributed by atoms with Crippen LogP contribution in [0.5, 0.6) is 0 Å². The standard InChI is InChI=1S/C12H21NO2/c1-3-14-12(9-6-7-9)11(13-2)10-5-4-8-15-10/h5,9,11-13H,3-4,6-8H2,1-2H3. The highest BCUT2D eigenvalue weighted by atomic mass is 16.5. The summed E-state index contributed by atoms with van der Waals surface area (Å²) in [5.74, 6) is 1.82. The molecule has 0 bridgehead atoms. The van der Waals surface area contributed by atoms with Gasteiger partial charge in [-0.2, -0.15) is 0 Å². The average molecular weight is 211 g/mol. The summed E-state index contributed by atoms with van der Waals surface area (Å²) < 4.78 is 11.5. The molecule has 0 radical (unpaired) electrons. The Bertz CT molecular complexity index is 236. The zero-order chi connectivity index (χ0) is 10.7. The lowest BCUT2D eigenvalue weighted by Gasteiger charge is -2.27. The van der Waals surface area contributed by atoms with Gasteiger partial charge in [0.05, 0.1) is 18.8 Å². The minimum Gasteiger partial charge on any atom is -0.496 e. The van der Waals surface area contributed by atoms with Crippen molar-refractivity contribution >= 4 is 0 Å². The molecule has 0 spiro atoms. The Kier molecular flexibility index (Phi) is 3.65. The molecule has 0 aromatic heterocycles. The first kappa shape index (κ1) is 11.0. The van der Waals surface area contributed by atoms with Gasteiger partial charge in [0.15, 0.2) is 0 Å². The van der Waals surface area contributed by atoms with Crippen molar-refractivity contribution in [1.82, 2.24) is 5.32 Å². The largest absolute Gasteiger partial charge is 0.496 e. The van der Waals surface area contributed by atoms with Crippen LogP contribution in [0.25, 0.3) is 0 Å². The number of nitrogens with one attached hydrogen (secondary N) is 1. The first-order valence-corrected chi connectivity index (χ1v) is 5.98. The molecule has 1 N–H and O–H groups in total. The van der Waals surface area contributed by atoms with Crippen LogP contribution in [0, 0.1) is 5.92 Å². The molecule has 15 heavy (non-hydrogen) atoms. The monoisotopic (exact) mass is 211 g/mol. The second-order valence-electron chi connectivity index (χ2n) is 4.27. The molecular weight excluding hydrogens is 190 g/mol. The van der Waals surface area contributed by atoms with E-state index in [2.05, 4.69) is 18.3 Å². The summed E-state index contributed by atoms with van der Waals surface area (Å²) in [6, 6.07) is 0.250. The normalized spacial score (nSPS) is 24.5. The Hall–Kier alpha value is -0.540. The number of rotatable bonds is 6. The molecule has 0 amide bonds. The van der Waals surface area contributed by atoms with Crippen LogP contribution < -0.4 is 5.32 Å². The molecule has 3 nitrogen and oxygen atoms in total. The van der Waals surface area contributed by atoms with Crippen LogP contribution in [0.15, 0.2) is 11.8 Å². The molecule has 2 aliphatic rings. The van der Waals surface area contributed by atoms with E-state index in [1.54, 1.807) is 0 Å². The van der Waals surface area contributed by atoms with E-state index in [0.717, 1.165) is 31.3 Å². The molecule has 3 heteroatoms. The molecule has 1 aliphatic carbocycles. The first-order valence-electron chi connectivity index (χ1n) is 5.98. The molecule has 2 unspecified atom stereocenters. The fraction of sp³-hybridized carbons (Fsp3) is 0.833. The number of ether oxygens (including phenoxy) is 2. The Morgan fingerprint density at radius 3 is 2.87 bits per heavy atom. The lowest BCUT2D eigenvalue weighted by Crippen LogP contribution is -2.42. The van der Waals surface area contributed by atoms with E-state index in [1.807, 2.05) is 7.05 Å². The van der Waals surface area contributed by atoms with Gasteiger partial charge in [0.25, 0.3) is 0 Å². The number of hydrogen-bond acceptors (Lipinski definition) is 3. The predicted octanol–water partition coefficient (Wildman–Crippen LogP) is 1.69. The van der Waals surface area contributed by atoms with Crippen molar-refractivity contribution in [1.29, 1.82) is 0 Å². The van der Waals surface area contributed by atoms with Gasteiger partial charge in [-0.25, -0.2) is 0 Å². The van der Waals surface area contributed by atoms with Crippen molar-refractivity contribution < 1.29 is 9.47 Å². The zero-order valence-electron chi connectivity index (χ0n) is 9.66. The van der Waals surface area contributed by atoms with Crippen molar-refractivity contribution in [2.75, 3.05) is 20.3 Å². The Balaban J connectivity index is 2.01. The van der Waals surface area contributed by atoms with Crippen LogP contribution >= 0.6 is 0 Å². The van der Waals surface area contributed by atoms with E-state index >= 15 is 0 Å². The van der Waals surface area contributed by atoms with Gasteiger partial charge in [0, 0.05) is 13.0 Å². The molecule has 1 fully saturated rings. The molecule has 1 heterocycles. The SMILES string of the molecule is CCOC(C1CC1)C(NC)C1=CCCO1. The first-order chi connectivity index (χ1) is 7.36. The van der Waals surface area contributed by atoms with E-state index in [-0.39, 0.29) is 6.04 Å². The third-order valence-electron chi connectivity index (χ3n) is 3.12. The number of hydrogen-bond donors (Lipinski definition) is 1. The summed E-state index contributed by atoms with van der Waals surface area (Å²) in [5.41, 5.74) is 0. The van der Waals surface area contributed by atoms with E-state index in [4.69, 9.17) is 9.47 Å². The molecule has 1 saturated carbocycles. The maximum Gasteiger partial charge on any atom is 0.112 e. The molecule has 0 aromatic carbocycles. The molecule has 0 saturated heterocycles. The van der Waals surface area contributed by atoms with Crippen molar-refractivity contribution in [3.63, 3.8) is 0 Å². The maximum absolute atomic E-state index is 5.85. The Morgan fingerprint density at radius 1 is 1.60 bits per heavy atom.